The number of imidazole rings is 1. The van der Waals surface area contributed by atoms with Crippen LogP contribution >= 0.6 is 0 Å². The van der Waals surface area contributed by atoms with Gasteiger partial charge in [-0.05, 0) is 30.2 Å². The van der Waals surface area contributed by atoms with Crippen molar-refractivity contribution in [3.8, 4) is 0 Å². The van der Waals surface area contributed by atoms with E-state index in [0.717, 1.165) is 16.6 Å². The van der Waals surface area contributed by atoms with Gasteiger partial charge < -0.3 is 9.73 Å². The molecule has 1 N–H and O–H groups in total. The molecule has 3 heterocycles. The molecule has 0 fully saturated rings. The van der Waals surface area contributed by atoms with Gasteiger partial charge in [0.05, 0.1) is 12.1 Å². The lowest BCUT2D eigenvalue weighted by Crippen LogP contribution is -2.27. The summed E-state index contributed by atoms with van der Waals surface area (Å²) < 4.78 is 7.07. The Hall–Kier alpha value is -3.48. The molecule has 0 spiro atoms. The number of amides is 1. The molecule has 4 aromatic rings. The van der Waals surface area contributed by atoms with Crippen LogP contribution in [0, 0.1) is 6.92 Å². The number of hydrogen-bond acceptors (Lipinski definition) is 5. The molecule has 0 aliphatic carbocycles. The van der Waals surface area contributed by atoms with Crippen LogP contribution in [0.5, 0.6) is 0 Å². The van der Waals surface area contributed by atoms with Crippen LogP contribution in [0.2, 0.25) is 0 Å². The second kappa shape index (κ2) is 7.03. The fraction of sp³-hybridized carbons (Fsp3) is 0.200. The molecular weight excluding hydrogens is 344 g/mol. The molecule has 0 aliphatic rings. The SMILES string of the molecule is Cc1ccc2c(CC(=O)NCCc3cn4cccnc4n3)cc(=O)oc2c1. The Morgan fingerprint density at radius 1 is 1.30 bits per heavy atom. The smallest absolute Gasteiger partial charge is 0.336 e. The standard InChI is InChI=1S/C20H18N4O3/c1-13-3-4-16-14(11-19(26)27-17(16)9-13)10-18(25)21-7-5-15-12-24-8-2-6-22-20(24)23-15/h2-4,6,8-9,11-12H,5,7,10H2,1H3,(H,21,25). The maximum atomic E-state index is 12.3. The number of aromatic nitrogens is 3. The monoisotopic (exact) mass is 362 g/mol. The number of carbonyl (C=O) groups is 1. The van der Waals surface area contributed by atoms with Gasteiger partial charge in [-0.1, -0.05) is 12.1 Å². The number of aryl methyl sites for hydroxylation is 1. The van der Waals surface area contributed by atoms with Gasteiger partial charge in [0.1, 0.15) is 5.58 Å². The van der Waals surface area contributed by atoms with E-state index in [4.69, 9.17) is 4.42 Å². The van der Waals surface area contributed by atoms with Crippen molar-refractivity contribution in [1.29, 1.82) is 0 Å². The minimum Gasteiger partial charge on any atom is -0.423 e. The van der Waals surface area contributed by atoms with Gasteiger partial charge in [-0.15, -0.1) is 0 Å². The molecule has 0 saturated heterocycles. The van der Waals surface area contributed by atoms with E-state index in [1.807, 2.05) is 41.9 Å². The van der Waals surface area contributed by atoms with Crippen LogP contribution in [0.1, 0.15) is 16.8 Å². The van der Waals surface area contributed by atoms with Gasteiger partial charge in [-0.25, -0.2) is 14.8 Å². The van der Waals surface area contributed by atoms with Crippen LogP contribution in [-0.2, 0) is 17.6 Å². The Morgan fingerprint density at radius 3 is 3.04 bits per heavy atom. The highest BCUT2D eigenvalue weighted by molar-refractivity contribution is 5.87. The third kappa shape index (κ3) is 3.72. The summed E-state index contributed by atoms with van der Waals surface area (Å²) >= 11 is 0. The molecule has 4 rings (SSSR count). The fourth-order valence-electron chi connectivity index (χ4n) is 3.05. The Bertz CT molecular complexity index is 1160. The highest BCUT2D eigenvalue weighted by Crippen LogP contribution is 2.18. The first-order valence-corrected chi connectivity index (χ1v) is 8.67. The summed E-state index contributed by atoms with van der Waals surface area (Å²) in [7, 11) is 0. The molecule has 3 aromatic heterocycles. The highest BCUT2D eigenvalue weighted by Gasteiger charge is 2.10. The summed E-state index contributed by atoms with van der Waals surface area (Å²) in [5.41, 5.74) is 2.57. The lowest BCUT2D eigenvalue weighted by Gasteiger charge is -2.07. The van der Waals surface area contributed by atoms with Gasteiger partial charge in [0.25, 0.3) is 0 Å². The quantitative estimate of drug-likeness (QED) is 0.549. The summed E-state index contributed by atoms with van der Waals surface area (Å²) in [6.45, 7) is 2.38. The summed E-state index contributed by atoms with van der Waals surface area (Å²) in [6.07, 6.45) is 6.19. The van der Waals surface area contributed by atoms with Gasteiger partial charge in [-0.3, -0.25) is 9.20 Å². The van der Waals surface area contributed by atoms with E-state index in [1.54, 1.807) is 12.3 Å². The molecule has 7 heteroatoms. The van der Waals surface area contributed by atoms with Crippen molar-refractivity contribution in [2.24, 2.45) is 0 Å². The summed E-state index contributed by atoms with van der Waals surface area (Å²) in [5.74, 6) is 0.487. The zero-order valence-corrected chi connectivity index (χ0v) is 14.8. The maximum Gasteiger partial charge on any atom is 0.336 e. The predicted octanol–water partition coefficient (Wildman–Crippen LogP) is 2.05. The summed E-state index contributed by atoms with van der Waals surface area (Å²) in [5, 5.41) is 3.66. The average molecular weight is 362 g/mol. The number of nitrogens with one attached hydrogen (secondary N) is 1. The van der Waals surface area contributed by atoms with E-state index in [9.17, 15) is 9.59 Å². The van der Waals surface area contributed by atoms with Crippen molar-refractivity contribution in [3.63, 3.8) is 0 Å². The first kappa shape index (κ1) is 17.0. The molecule has 1 aromatic carbocycles. The Labute approximate surface area is 154 Å². The first-order chi connectivity index (χ1) is 13.1. The van der Waals surface area contributed by atoms with Crippen LogP contribution in [0.25, 0.3) is 16.7 Å². The van der Waals surface area contributed by atoms with Gasteiger partial charge in [0, 0.05) is 43.0 Å². The van der Waals surface area contributed by atoms with E-state index in [0.29, 0.717) is 29.9 Å². The van der Waals surface area contributed by atoms with Crippen LogP contribution in [0.15, 0.2) is 58.1 Å². The number of benzene rings is 1. The average Bonchev–Trinajstić information content (AvgIpc) is 3.03. The molecule has 0 atom stereocenters. The second-order valence-electron chi connectivity index (χ2n) is 6.43. The van der Waals surface area contributed by atoms with Crippen molar-refractivity contribution in [3.05, 3.63) is 76.2 Å². The zero-order chi connectivity index (χ0) is 18.8. The third-order valence-electron chi connectivity index (χ3n) is 4.33. The minimum atomic E-state index is -0.451. The molecule has 0 unspecified atom stereocenters. The van der Waals surface area contributed by atoms with E-state index in [-0.39, 0.29) is 12.3 Å². The van der Waals surface area contributed by atoms with E-state index in [2.05, 4.69) is 15.3 Å². The topological polar surface area (TPSA) is 89.5 Å². The lowest BCUT2D eigenvalue weighted by molar-refractivity contribution is -0.120. The molecule has 1 amide bonds. The predicted molar refractivity (Wildman–Crippen MR) is 101 cm³/mol. The summed E-state index contributed by atoms with van der Waals surface area (Å²) in [6, 6.07) is 8.82. The number of nitrogens with zero attached hydrogens (tertiary/aromatic N) is 3. The van der Waals surface area contributed by atoms with Crippen LogP contribution in [0.4, 0.5) is 0 Å². The summed E-state index contributed by atoms with van der Waals surface area (Å²) in [4.78, 5) is 32.7. The molecule has 7 nitrogen and oxygen atoms in total. The molecule has 136 valence electrons. The van der Waals surface area contributed by atoms with Gasteiger partial charge in [-0.2, -0.15) is 0 Å². The van der Waals surface area contributed by atoms with Crippen LogP contribution < -0.4 is 10.9 Å². The van der Waals surface area contributed by atoms with Crippen LogP contribution in [0.3, 0.4) is 0 Å². The zero-order valence-electron chi connectivity index (χ0n) is 14.8. The maximum absolute atomic E-state index is 12.3. The highest BCUT2D eigenvalue weighted by atomic mass is 16.4. The number of fused-ring (bicyclic) bond motifs is 2. The van der Waals surface area contributed by atoms with Crippen molar-refractivity contribution < 1.29 is 9.21 Å². The third-order valence-corrected chi connectivity index (χ3v) is 4.33. The molecule has 0 radical (unpaired) electrons. The minimum absolute atomic E-state index is 0.123. The van der Waals surface area contributed by atoms with Crippen molar-refractivity contribution in [1.82, 2.24) is 19.7 Å². The van der Waals surface area contributed by atoms with Gasteiger partial charge in [0.2, 0.25) is 11.7 Å². The first-order valence-electron chi connectivity index (χ1n) is 8.67. The molecule has 0 saturated carbocycles. The van der Waals surface area contributed by atoms with E-state index < -0.39 is 5.63 Å². The van der Waals surface area contributed by atoms with E-state index in [1.165, 1.54) is 6.07 Å². The van der Waals surface area contributed by atoms with Crippen molar-refractivity contribution in [2.75, 3.05) is 6.54 Å². The molecule has 0 bridgehead atoms. The second-order valence-corrected chi connectivity index (χ2v) is 6.43. The number of rotatable bonds is 5. The number of hydrogen-bond donors (Lipinski definition) is 1. The van der Waals surface area contributed by atoms with E-state index >= 15 is 0 Å². The Balaban J connectivity index is 1.42. The largest absolute Gasteiger partial charge is 0.423 e. The lowest BCUT2D eigenvalue weighted by atomic mass is 10.1. The van der Waals surface area contributed by atoms with Gasteiger partial charge >= 0.3 is 5.63 Å². The normalized spacial score (nSPS) is 11.1. The number of carbonyl (C=O) groups excluding carboxylic acids is 1. The fourth-order valence-corrected chi connectivity index (χ4v) is 3.05. The molecular formula is C20H18N4O3. The van der Waals surface area contributed by atoms with Crippen LogP contribution in [-0.4, -0.2) is 26.8 Å². The molecule has 0 aliphatic heterocycles. The van der Waals surface area contributed by atoms with Gasteiger partial charge in [0.15, 0.2) is 0 Å². The van der Waals surface area contributed by atoms with Crippen molar-refractivity contribution in [2.45, 2.75) is 19.8 Å². The van der Waals surface area contributed by atoms with Crippen molar-refractivity contribution >= 4 is 22.7 Å². The molecule has 27 heavy (non-hydrogen) atoms. The Kier molecular flexibility index (Phi) is 4.42. The Morgan fingerprint density at radius 2 is 2.19 bits per heavy atom.